The molecule has 0 aliphatic carbocycles. The van der Waals surface area contributed by atoms with E-state index in [2.05, 4.69) is 51.4 Å². The van der Waals surface area contributed by atoms with Crippen LogP contribution >= 0.6 is 15.9 Å². The van der Waals surface area contributed by atoms with Crippen LogP contribution in [0, 0.1) is 0 Å². The normalized spacial score (nSPS) is 13.0. The molecule has 2 unspecified atom stereocenters. The van der Waals surface area contributed by atoms with Crippen LogP contribution in [0.25, 0.3) is 0 Å². The molecule has 5 nitrogen and oxygen atoms in total. The van der Waals surface area contributed by atoms with Gasteiger partial charge >= 0.3 is 0 Å². The lowest BCUT2D eigenvalue weighted by Crippen LogP contribution is -2.44. The fraction of sp³-hybridized carbons (Fsp3) is 0.364. The van der Waals surface area contributed by atoms with Gasteiger partial charge in [0.2, 0.25) is 11.8 Å². The molecule has 0 bridgehead atoms. The van der Waals surface area contributed by atoms with Gasteiger partial charge in [-0.25, -0.2) is 0 Å². The minimum atomic E-state index is -0.707. The standard InChI is InChI=1S/C22H28BrN3O2/c1-4-14-26(16(2)18-12-8-9-13-19(18)23)15-20(27)25-21(22(28)24-3)17-10-6-5-7-11-17/h5-13,16,21H,4,14-15H2,1-3H3,(H,24,28)(H,25,27). The highest BCUT2D eigenvalue weighted by molar-refractivity contribution is 9.10. The van der Waals surface area contributed by atoms with Gasteiger partial charge in [-0.15, -0.1) is 0 Å². The lowest BCUT2D eigenvalue weighted by Gasteiger charge is -2.30. The summed E-state index contributed by atoms with van der Waals surface area (Å²) >= 11 is 3.60. The molecule has 2 amide bonds. The van der Waals surface area contributed by atoms with E-state index in [0.29, 0.717) is 0 Å². The van der Waals surface area contributed by atoms with Crippen LogP contribution < -0.4 is 10.6 Å². The molecule has 0 aliphatic heterocycles. The van der Waals surface area contributed by atoms with Gasteiger partial charge in [0.1, 0.15) is 6.04 Å². The summed E-state index contributed by atoms with van der Waals surface area (Å²) in [4.78, 5) is 27.2. The monoisotopic (exact) mass is 445 g/mol. The number of carbonyl (C=O) groups excluding carboxylic acids is 2. The molecule has 2 rings (SSSR count). The molecule has 0 heterocycles. The zero-order valence-corrected chi connectivity index (χ0v) is 18.2. The first-order chi connectivity index (χ1) is 13.5. The first-order valence-corrected chi connectivity index (χ1v) is 10.3. The second kappa shape index (κ2) is 11.0. The highest BCUT2D eigenvalue weighted by atomic mass is 79.9. The SMILES string of the molecule is CCCN(CC(=O)NC(C(=O)NC)c1ccccc1)C(C)c1ccccc1Br. The van der Waals surface area contributed by atoms with E-state index >= 15 is 0 Å². The maximum Gasteiger partial charge on any atom is 0.246 e. The first-order valence-electron chi connectivity index (χ1n) is 9.52. The van der Waals surface area contributed by atoms with Gasteiger partial charge in [-0.2, -0.15) is 0 Å². The Bertz CT molecular complexity index is 782. The zero-order valence-electron chi connectivity index (χ0n) is 16.6. The van der Waals surface area contributed by atoms with Gasteiger partial charge in [-0.3, -0.25) is 14.5 Å². The first kappa shape index (κ1) is 22.1. The Hall–Kier alpha value is -2.18. The van der Waals surface area contributed by atoms with Gasteiger partial charge < -0.3 is 10.6 Å². The molecule has 2 N–H and O–H groups in total. The summed E-state index contributed by atoms with van der Waals surface area (Å²) in [6, 6.07) is 16.7. The number of hydrogen-bond acceptors (Lipinski definition) is 3. The maximum absolute atomic E-state index is 12.8. The summed E-state index contributed by atoms with van der Waals surface area (Å²) in [7, 11) is 1.57. The molecule has 2 atom stereocenters. The van der Waals surface area contributed by atoms with Gasteiger partial charge in [0.15, 0.2) is 0 Å². The van der Waals surface area contributed by atoms with Gasteiger partial charge in [0.05, 0.1) is 6.54 Å². The largest absolute Gasteiger partial charge is 0.357 e. The third kappa shape index (κ3) is 5.91. The van der Waals surface area contributed by atoms with Crippen LogP contribution in [-0.4, -0.2) is 36.9 Å². The molecular weight excluding hydrogens is 418 g/mol. The highest BCUT2D eigenvalue weighted by Crippen LogP contribution is 2.27. The lowest BCUT2D eigenvalue weighted by molar-refractivity contribution is -0.129. The van der Waals surface area contributed by atoms with E-state index in [4.69, 9.17) is 0 Å². The number of rotatable bonds is 9. The number of hydrogen-bond donors (Lipinski definition) is 2. The van der Waals surface area contributed by atoms with E-state index in [0.717, 1.165) is 28.6 Å². The summed E-state index contributed by atoms with van der Waals surface area (Å²) in [6.07, 6.45) is 0.930. The van der Waals surface area contributed by atoms with Crippen molar-refractivity contribution in [2.24, 2.45) is 0 Å². The van der Waals surface area contributed by atoms with Crippen molar-refractivity contribution in [3.8, 4) is 0 Å². The van der Waals surface area contributed by atoms with Crippen molar-refractivity contribution in [1.82, 2.24) is 15.5 Å². The van der Waals surface area contributed by atoms with Crippen molar-refractivity contribution in [2.75, 3.05) is 20.1 Å². The average Bonchev–Trinajstić information content (AvgIpc) is 2.71. The second-order valence-electron chi connectivity index (χ2n) is 6.69. The molecule has 0 saturated heterocycles. The van der Waals surface area contributed by atoms with E-state index in [-0.39, 0.29) is 24.4 Å². The molecular formula is C22H28BrN3O2. The molecule has 0 fully saturated rings. The van der Waals surface area contributed by atoms with Crippen molar-refractivity contribution < 1.29 is 9.59 Å². The van der Waals surface area contributed by atoms with Gasteiger partial charge in [-0.1, -0.05) is 71.4 Å². The number of likely N-dealkylation sites (N-methyl/N-ethyl adjacent to an activating group) is 1. The molecule has 150 valence electrons. The van der Waals surface area contributed by atoms with E-state index in [1.807, 2.05) is 48.5 Å². The predicted molar refractivity (Wildman–Crippen MR) is 116 cm³/mol. The minimum Gasteiger partial charge on any atom is -0.357 e. The quantitative estimate of drug-likeness (QED) is 0.616. The van der Waals surface area contributed by atoms with Crippen LogP contribution in [0.1, 0.15) is 43.5 Å². The van der Waals surface area contributed by atoms with E-state index in [1.165, 1.54) is 0 Å². The predicted octanol–water partition coefficient (Wildman–Crippen LogP) is 3.83. The van der Waals surface area contributed by atoms with Crippen molar-refractivity contribution in [2.45, 2.75) is 32.4 Å². The lowest BCUT2D eigenvalue weighted by atomic mass is 10.1. The van der Waals surface area contributed by atoms with Crippen molar-refractivity contribution in [3.05, 3.63) is 70.2 Å². The van der Waals surface area contributed by atoms with Gasteiger partial charge in [0.25, 0.3) is 0 Å². The maximum atomic E-state index is 12.8. The third-order valence-corrected chi connectivity index (χ3v) is 5.43. The molecule has 28 heavy (non-hydrogen) atoms. The second-order valence-corrected chi connectivity index (χ2v) is 7.55. The number of nitrogens with one attached hydrogen (secondary N) is 2. The topological polar surface area (TPSA) is 61.4 Å². The summed E-state index contributed by atoms with van der Waals surface area (Å²) < 4.78 is 1.02. The molecule has 6 heteroatoms. The summed E-state index contributed by atoms with van der Waals surface area (Å²) in [5.74, 6) is -0.412. The Morgan fingerprint density at radius 3 is 2.32 bits per heavy atom. The Balaban J connectivity index is 2.14. The van der Waals surface area contributed by atoms with Gasteiger partial charge in [0, 0.05) is 17.6 Å². The molecule has 0 saturated carbocycles. The fourth-order valence-corrected chi connectivity index (χ4v) is 3.80. The number of benzene rings is 2. The number of carbonyl (C=O) groups is 2. The van der Waals surface area contributed by atoms with Crippen molar-refractivity contribution in [1.29, 1.82) is 0 Å². The molecule has 0 radical (unpaired) electrons. The Kier molecular flexibility index (Phi) is 8.67. The highest BCUT2D eigenvalue weighted by Gasteiger charge is 2.24. The zero-order chi connectivity index (χ0) is 20.5. The molecule has 0 aromatic heterocycles. The van der Waals surface area contributed by atoms with E-state index in [9.17, 15) is 9.59 Å². The molecule has 2 aromatic rings. The van der Waals surface area contributed by atoms with Crippen LogP contribution in [0.5, 0.6) is 0 Å². The van der Waals surface area contributed by atoms with Crippen LogP contribution in [0.2, 0.25) is 0 Å². The Morgan fingerprint density at radius 1 is 1.07 bits per heavy atom. The van der Waals surface area contributed by atoms with E-state index in [1.54, 1.807) is 7.05 Å². The van der Waals surface area contributed by atoms with Crippen LogP contribution in [0.4, 0.5) is 0 Å². The number of halogens is 1. The number of amides is 2. The summed E-state index contributed by atoms with van der Waals surface area (Å²) in [6.45, 7) is 5.19. The summed E-state index contributed by atoms with van der Waals surface area (Å²) in [5, 5.41) is 5.52. The Labute approximate surface area is 175 Å². The van der Waals surface area contributed by atoms with E-state index < -0.39 is 6.04 Å². The van der Waals surface area contributed by atoms with Crippen molar-refractivity contribution in [3.63, 3.8) is 0 Å². The Morgan fingerprint density at radius 2 is 1.71 bits per heavy atom. The van der Waals surface area contributed by atoms with Crippen LogP contribution in [0.15, 0.2) is 59.1 Å². The van der Waals surface area contributed by atoms with Gasteiger partial charge in [-0.05, 0) is 37.1 Å². The number of nitrogens with zero attached hydrogens (tertiary/aromatic N) is 1. The molecule has 2 aromatic carbocycles. The third-order valence-electron chi connectivity index (χ3n) is 4.71. The summed E-state index contributed by atoms with van der Waals surface area (Å²) in [5.41, 5.74) is 1.89. The molecule has 0 aliphatic rings. The smallest absolute Gasteiger partial charge is 0.246 e. The van der Waals surface area contributed by atoms with Crippen LogP contribution in [-0.2, 0) is 9.59 Å². The molecule has 0 spiro atoms. The fourth-order valence-electron chi connectivity index (χ4n) is 3.19. The minimum absolute atomic E-state index is 0.0662. The van der Waals surface area contributed by atoms with Crippen LogP contribution in [0.3, 0.4) is 0 Å². The average molecular weight is 446 g/mol. The van der Waals surface area contributed by atoms with Crippen molar-refractivity contribution >= 4 is 27.7 Å².